The average molecular weight is 706 g/mol. The van der Waals surface area contributed by atoms with E-state index < -0.39 is 0 Å². The van der Waals surface area contributed by atoms with Crippen molar-refractivity contribution < 1.29 is 4.42 Å². The highest BCUT2D eigenvalue weighted by molar-refractivity contribution is 6.10. The van der Waals surface area contributed by atoms with Gasteiger partial charge in [-0.15, -0.1) is 0 Å². The van der Waals surface area contributed by atoms with Crippen LogP contribution >= 0.6 is 0 Å². The molecule has 262 valence electrons. The molecular formula is C53H39NO. The Balaban J connectivity index is 1.15. The Labute approximate surface area is 322 Å². The maximum absolute atomic E-state index is 6.70. The Morgan fingerprint density at radius 2 is 0.927 bits per heavy atom. The van der Waals surface area contributed by atoms with E-state index in [1.807, 2.05) is 0 Å². The summed E-state index contributed by atoms with van der Waals surface area (Å²) < 4.78 is 6.70. The number of benzene rings is 8. The summed E-state index contributed by atoms with van der Waals surface area (Å²) in [5, 5.41) is 2.28. The predicted molar refractivity (Wildman–Crippen MR) is 229 cm³/mol. The summed E-state index contributed by atoms with van der Waals surface area (Å²) in [7, 11) is 0. The summed E-state index contributed by atoms with van der Waals surface area (Å²) in [6.45, 7) is 7.10. The van der Waals surface area contributed by atoms with Gasteiger partial charge in [0.05, 0.1) is 0 Å². The van der Waals surface area contributed by atoms with Crippen LogP contribution < -0.4 is 4.90 Å². The molecular weight excluding hydrogens is 667 g/mol. The molecule has 0 radical (unpaired) electrons. The quantitative estimate of drug-likeness (QED) is 0.177. The fraction of sp³-hybridized carbons (Fsp3) is 0.0943. The van der Waals surface area contributed by atoms with Gasteiger partial charge in [-0.25, -0.2) is 0 Å². The zero-order valence-corrected chi connectivity index (χ0v) is 31.2. The summed E-state index contributed by atoms with van der Waals surface area (Å²) in [5.74, 6) is 0. The molecule has 0 saturated carbocycles. The lowest BCUT2D eigenvalue weighted by Gasteiger charge is -2.29. The number of fused-ring (bicyclic) bond motifs is 9. The molecule has 8 aromatic carbocycles. The van der Waals surface area contributed by atoms with Crippen LogP contribution in [0.2, 0.25) is 0 Å². The van der Waals surface area contributed by atoms with Crippen LogP contribution in [0, 0.1) is 0 Å². The zero-order valence-electron chi connectivity index (χ0n) is 31.2. The molecule has 1 aromatic heterocycles. The van der Waals surface area contributed by atoms with Crippen LogP contribution in [0.3, 0.4) is 0 Å². The molecule has 0 unspecified atom stereocenters. The molecule has 1 heterocycles. The largest absolute Gasteiger partial charge is 0.456 e. The maximum atomic E-state index is 6.70. The van der Waals surface area contributed by atoms with Gasteiger partial charge in [0.2, 0.25) is 0 Å². The minimum atomic E-state index is -0.357. The van der Waals surface area contributed by atoms with Crippen molar-refractivity contribution in [1.29, 1.82) is 0 Å². The maximum Gasteiger partial charge on any atom is 0.135 e. The summed E-state index contributed by atoms with van der Waals surface area (Å²) in [5.41, 5.74) is 18.9. The molecule has 2 nitrogen and oxygen atoms in total. The molecule has 0 amide bonds. The van der Waals surface area contributed by atoms with Gasteiger partial charge in [0.1, 0.15) is 11.2 Å². The van der Waals surface area contributed by atoms with Gasteiger partial charge in [0.25, 0.3) is 0 Å². The van der Waals surface area contributed by atoms with Crippen molar-refractivity contribution in [3.05, 3.63) is 210 Å². The Morgan fingerprint density at radius 1 is 0.382 bits per heavy atom. The lowest BCUT2D eigenvalue weighted by atomic mass is 9.73. The van der Waals surface area contributed by atoms with Crippen LogP contribution in [0.5, 0.6) is 0 Å². The summed E-state index contributed by atoms with van der Waals surface area (Å²) in [6, 6.07) is 66.6. The van der Waals surface area contributed by atoms with Gasteiger partial charge in [-0.3, -0.25) is 0 Å². The SMILES string of the molecule is CC1(C)c2ccccc2-c2ccc(N(c3cccc(-c4ccccc4)c3)c3ccc4oc5cccc(C6(C)c7ccccc7-c7ccccc76)c5c4c3)cc21. The van der Waals surface area contributed by atoms with E-state index in [1.165, 1.54) is 61.2 Å². The van der Waals surface area contributed by atoms with Crippen molar-refractivity contribution in [2.45, 2.75) is 31.6 Å². The lowest BCUT2D eigenvalue weighted by Crippen LogP contribution is -2.22. The average Bonchev–Trinajstić information content (AvgIpc) is 3.82. The zero-order chi connectivity index (χ0) is 36.9. The van der Waals surface area contributed by atoms with Crippen LogP contribution in [-0.2, 0) is 10.8 Å². The van der Waals surface area contributed by atoms with Crippen LogP contribution in [0.15, 0.2) is 186 Å². The Bertz CT molecular complexity index is 2940. The van der Waals surface area contributed by atoms with E-state index in [4.69, 9.17) is 4.42 Å². The van der Waals surface area contributed by atoms with Crippen LogP contribution in [-0.4, -0.2) is 0 Å². The van der Waals surface area contributed by atoms with Crippen molar-refractivity contribution in [2.75, 3.05) is 4.90 Å². The molecule has 55 heavy (non-hydrogen) atoms. The topological polar surface area (TPSA) is 16.4 Å². The van der Waals surface area contributed by atoms with Crippen LogP contribution in [0.1, 0.15) is 48.6 Å². The minimum absolute atomic E-state index is 0.123. The van der Waals surface area contributed by atoms with Gasteiger partial charge in [0.15, 0.2) is 0 Å². The van der Waals surface area contributed by atoms with E-state index in [9.17, 15) is 0 Å². The van der Waals surface area contributed by atoms with Crippen molar-refractivity contribution in [3.8, 4) is 33.4 Å². The predicted octanol–water partition coefficient (Wildman–Crippen LogP) is 14.4. The number of anilines is 3. The van der Waals surface area contributed by atoms with Crippen molar-refractivity contribution in [2.24, 2.45) is 0 Å². The molecule has 2 heteroatoms. The smallest absolute Gasteiger partial charge is 0.135 e. The molecule has 0 N–H and O–H groups in total. The first-order valence-electron chi connectivity index (χ1n) is 19.3. The molecule has 0 atom stereocenters. The third kappa shape index (κ3) is 4.55. The van der Waals surface area contributed by atoms with Gasteiger partial charge in [-0.05, 0) is 117 Å². The van der Waals surface area contributed by atoms with Gasteiger partial charge >= 0.3 is 0 Å². The molecule has 0 fully saturated rings. The number of hydrogen-bond donors (Lipinski definition) is 0. The van der Waals surface area contributed by atoms with E-state index in [1.54, 1.807) is 0 Å². The molecule has 11 rings (SSSR count). The Kier molecular flexibility index (Phi) is 6.76. The fourth-order valence-electron chi connectivity index (χ4n) is 9.85. The van der Waals surface area contributed by atoms with E-state index in [-0.39, 0.29) is 10.8 Å². The van der Waals surface area contributed by atoms with E-state index in [0.29, 0.717) is 0 Å². The Morgan fingerprint density at radius 3 is 1.67 bits per heavy atom. The number of rotatable bonds is 5. The number of hydrogen-bond acceptors (Lipinski definition) is 2. The highest BCUT2D eigenvalue weighted by Crippen LogP contribution is 2.55. The molecule has 2 aliphatic carbocycles. The molecule has 2 aliphatic rings. The van der Waals surface area contributed by atoms with Crippen molar-refractivity contribution in [3.63, 3.8) is 0 Å². The number of nitrogens with zero attached hydrogens (tertiary/aromatic N) is 1. The van der Waals surface area contributed by atoms with E-state index in [2.05, 4.69) is 208 Å². The molecule has 0 spiro atoms. The molecule has 0 bridgehead atoms. The second kappa shape index (κ2) is 11.7. The second-order valence-electron chi connectivity index (χ2n) is 15.8. The normalized spacial score (nSPS) is 14.4. The van der Waals surface area contributed by atoms with E-state index >= 15 is 0 Å². The first kappa shape index (κ1) is 31.8. The Hall–Kier alpha value is -6.64. The summed E-state index contributed by atoms with van der Waals surface area (Å²) in [4.78, 5) is 2.43. The summed E-state index contributed by atoms with van der Waals surface area (Å²) in [6.07, 6.45) is 0. The van der Waals surface area contributed by atoms with Crippen molar-refractivity contribution in [1.82, 2.24) is 0 Å². The standard InChI is InChI=1S/C53H39NO/c1-52(2)44-22-10-7-19-39(44)42-29-27-38(33-48(42)52)54(36-18-13-17-35(31-36)34-15-5-4-6-16-34)37-28-30-49-43(32-37)51-47(25-14-26-50(51)55-49)53(3)45-23-11-8-20-40(45)41-21-9-12-24-46(41)53/h4-33H,1-3H3. The van der Waals surface area contributed by atoms with Gasteiger partial charge in [-0.1, -0.05) is 147 Å². The highest BCUT2D eigenvalue weighted by atomic mass is 16.3. The number of furan rings is 1. The van der Waals surface area contributed by atoms with Crippen LogP contribution in [0.4, 0.5) is 17.1 Å². The van der Waals surface area contributed by atoms with Gasteiger partial charge in [-0.2, -0.15) is 0 Å². The third-order valence-electron chi connectivity index (χ3n) is 12.5. The van der Waals surface area contributed by atoms with Gasteiger partial charge in [0, 0.05) is 38.7 Å². The minimum Gasteiger partial charge on any atom is -0.456 e. The first-order valence-corrected chi connectivity index (χ1v) is 19.3. The molecule has 0 saturated heterocycles. The monoisotopic (exact) mass is 705 g/mol. The highest BCUT2D eigenvalue weighted by Gasteiger charge is 2.42. The summed E-state index contributed by atoms with van der Waals surface area (Å²) >= 11 is 0. The fourth-order valence-corrected chi connectivity index (χ4v) is 9.85. The van der Waals surface area contributed by atoms with Gasteiger partial charge < -0.3 is 9.32 Å². The van der Waals surface area contributed by atoms with E-state index in [0.717, 1.165) is 39.0 Å². The first-order chi connectivity index (χ1) is 26.9. The molecule has 9 aromatic rings. The second-order valence-corrected chi connectivity index (χ2v) is 15.8. The van der Waals surface area contributed by atoms with Crippen molar-refractivity contribution >= 4 is 39.0 Å². The van der Waals surface area contributed by atoms with Crippen LogP contribution in [0.25, 0.3) is 55.3 Å². The third-order valence-corrected chi connectivity index (χ3v) is 12.5. The lowest BCUT2D eigenvalue weighted by molar-refractivity contribution is 0.660. The molecule has 0 aliphatic heterocycles.